The highest BCUT2D eigenvalue weighted by molar-refractivity contribution is 6.06. The number of nitrogens with one attached hydrogen (secondary N) is 1. The van der Waals surface area contributed by atoms with Crippen molar-refractivity contribution in [3.63, 3.8) is 0 Å². The first kappa shape index (κ1) is 11.6. The van der Waals surface area contributed by atoms with Crippen molar-refractivity contribution in [2.24, 2.45) is 0 Å². The molecule has 0 spiro atoms. The zero-order valence-electron chi connectivity index (χ0n) is 9.82. The van der Waals surface area contributed by atoms with Crippen LogP contribution in [0.5, 0.6) is 0 Å². The summed E-state index contributed by atoms with van der Waals surface area (Å²) in [6.07, 6.45) is 2.39. The number of nitrogen functional groups attached to an aromatic ring is 1. The van der Waals surface area contributed by atoms with Gasteiger partial charge in [0.1, 0.15) is 0 Å². The molecule has 1 amide bonds. The molecular weight excluding hydrogens is 216 g/mol. The number of anilines is 1. The molecule has 1 aliphatic carbocycles. The Bertz CT molecular complexity index is 468. The van der Waals surface area contributed by atoms with Gasteiger partial charge in [-0.25, -0.2) is 0 Å². The number of hydrogen-bond acceptors (Lipinski definition) is 3. The van der Waals surface area contributed by atoms with E-state index in [1.165, 1.54) is 6.92 Å². The van der Waals surface area contributed by atoms with Gasteiger partial charge in [0.05, 0.1) is 6.04 Å². The predicted molar refractivity (Wildman–Crippen MR) is 65.7 cm³/mol. The van der Waals surface area contributed by atoms with E-state index in [4.69, 9.17) is 5.73 Å². The number of nitrogens with two attached hydrogens (primary N) is 1. The standard InChI is InChI=1S/C13H16N2O2/c1-8(16)15-11-7-3-5-9-4-2-6-10(14)12(9)13(11)17/h2,4,6,11H,3,5,7,14H2,1H3,(H,15,16). The minimum absolute atomic E-state index is 0.0641. The summed E-state index contributed by atoms with van der Waals surface area (Å²) in [5.74, 6) is -0.243. The summed E-state index contributed by atoms with van der Waals surface area (Å²) >= 11 is 0. The monoisotopic (exact) mass is 232 g/mol. The maximum absolute atomic E-state index is 12.3. The summed E-state index contributed by atoms with van der Waals surface area (Å²) in [6.45, 7) is 1.42. The summed E-state index contributed by atoms with van der Waals surface area (Å²) < 4.78 is 0. The lowest BCUT2D eigenvalue weighted by Crippen LogP contribution is -2.39. The number of benzene rings is 1. The smallest absolute Gasteiger partial charge is 0.217 e. The van der Waals surface area contributed by atoms with E-state index in [0.29, 0.717) is 17.7 Å². The molecule has 1 aromatic rings. The van der Waals surface area contributed by atoms with Crippen molar-refractivity contribution in [2.45, 2.75) is 32.2 Å². The second-order valence-corrected chi connectivity index (χ2v) is 4.39. The second kappa shape index (κ2) is 4.57. The lowest BCUT2D eigenvalue weighted by Gasteiger charge is -2.15. The third kappa shape index (κ3) is 2.30. The average molecular weight is 232 g/mol. The number of amides is 1. The third-order valence-electron chi connectivity index (χ3n) is 3.06. The van der Waals surface area contributed by atoms with Crippen molar-refractivity contribution < 1.29 is 9.59 Å². The number of aryl methyl sites for hydroxylation is 1. The van der Waals surface area contributed by atoms with E-state index in [2.05, 4.69) is 5.32 Å². The normalized spacial score (nSPS) is 19.4. The van der Waals surface area contributed by atoms with Gasteiger partial charge in [0.2, 0.25) is 5.91 Å². The van der Waals surface area contributed by atoms with Crippen LogP contribution in [0.3, 0.4) is 0 Å². The van der Waals surface area contributed by atoms with Crippen molar-refractivity contribution in [3.8, 4) is 0 Å². The number of carbonyl (C=O) groups excluding carboxylic acids is 2. The minimum atomic E-state index is -0.432. The molecule has 0 aromatic heterocycles. The lowest BCUT2D eigenvalue weighted by atomic mass is 9.98. The zero-order chi connectivity index (χ0) is 12.4. The van der Waals surface area contributed by atoms with Crippen LogP contribution >= 0.6 is 0 Å². The molecule has 2 rings (SSSR count). The van der Waals surface area contributed by atoms with Gasteiger partial charge >= 0.3 is 0 Å². The number of hydrogen-bond donors (Lipinski definition) is 2. The first-order valence-electron chi connectivity index (χ1n) is 5.78. The Morgan fingerprint density at radius 3 is 2.94 bits per heavy atom. The van der Waals surface area contributed by atoms with Crippen LogP contribution in [-0.2, 0) is 11.2 Å². The van der Waals surface area contributed by atoms with E-state index in [0.717, 1.165) is 18.4 Å². The largest absolute Gasteiger partial charge is 0.398 e. The lowest BCUT2D eigenvalue weighted by molar-refractivity contribution is -0.119. The van der Waals surface area contributed by atoms with Crippen LogP contribution in [0.25, 0.3) is 0 Å². The molecule has 0 aliphatic heterocycles. The Morgan fingerprint density at radius 1 is 1.47 bits per heavy atom. The molecule has 3 N–H and O–H groups in total. The molecule has 0 saturated heterocycles. The Morgan fingerprint density at radius 2 is 2.24 bits per heavy atom. The summed E-state index contributed by atoms with van der Waals surface area (Å²) in [5, 5.41) is 2.70. The first-order chi connectivity index (χ1) is 8.09. The fraction of sp³-hybridized carbons (Fsp3) is 0.385. The summed E-state index contributed by atoms with van der Waals surface area (Å²) in [6, 6.07) is 5.09. The maximum Gasteiger partial charge on any atom is 0.217 e. The molecule has 0 bridgehead atoms. The molecule has 1 aromatic carbocycles. The van der Waals surface area contributed by atoms with Crippen LogP contribution in [0.15, 0.2) is 18.2 Å². The molecule has 0 fully saturated rings. The molecule has 1 aliphatic rings. The van der Waals surface area contributed by atoms with Crippen molar-refractivity contribution in [2.75, 3.05) is 5.73 Å². The van der Waals surface area contributed by atoms with Gasteiger partial charge in [-0.3, -0.25) is 9.59 Å². The van der Waals surface area contributed by atoms with Crippen LogP contribution in [-0.4, -0.2) is 17.7 Å². The number of ketones is 1. The van der Waals surface area contributed by atoms with Crippen LogP contribution in [0, 0.1) is 0 Å². The highest BCUT2D eigenvalue weighted by atomic mass is 16.2. The van der Waals surface area contributed by atoms with E-state index in [-0.39, 0.29) is 11.7 Å². The van der Waals surface area contributed by atoms with Gasteiger partial charge in [-0.15, -0.1) is 0 Å². The molecule has 17 heavy (non-hydrogen) atoms. The second-order valence-electron chi connectivity index (χ2n) is 4.39. The Kier molecular flexibility index (Phi) is 3.13. The predicted octanol–water partition coefficient (Wildman–Crippen LogP) is 1.29. The van der Waals surface area contributed by atoms with Gasteiger partial charge in [-0.05, 0) is 30.9 Å². The molecule has 4 heteroatoms. The number of carbonyl (C=O) groups is 2. The highest BCUT2D eigenvalue weighted by Crippen LogP contribution is 2.25. The highest BCUT2D eigenvalue weighted by Gasteiger charge is 2.27. The zero-order valence-corrected chi connectivity index (χ0v) is 9.82. The van der Waals surface area contributed by atoms with Crippen LogP contribution in [0.2, 0.25) is 0 Å². The van der Waals surface area contributed by atoms with Crippen LogP contribution < -0.4 is 11.1 Å². The maximum atomic E-state index is 12.3. The third-order valence-corrected chi connectivity index (χ3v) is 3.06. The molecule has 0 saturated carbocycles. The quantitative estimate of drug-likeness (QED) is 0.566. The van der Waals surface area contributed by atoms with E-state index >= 15 is 0 Å². The van der Waals surface area contributed by atoms with Crippen molar-refractivity contribution in [1.82, 2.24) is 5.32 Å². The first-order valence-corrected chi connectivity index (χ1v) is 5.78. The van der Waals surface area contributed by atoms with Crippen LogP contribution in [0.1, 0.15) is 35.7 Å². The Balaban J connectivity index is 2.38. The summed E-state index contributed by atoms with van der Waals surface area (Å²) in [7, 11) is 0. The van der Waals surface area contributed by atoms with Gasteiger partial charge in [-0.2, -0.15) is 0 Å². The van der Waals surface area contributed by atoms with E-state index in [1.807, 2.05) is 12.1 Å². The SMILES string of the molecule is CC(=O)NC1CCCc2cccc(N)c2C1=O. The van der Waals surface area contributed by atoms with Gasteiger partial charge in [0.15, 0.2) is 5.78 Å². The molecule has 90 valence electrons. The van der Waals surface area contributed by atoms with E-state index in [1.54, 1.807) is 6.07 Å². The van der Waals surface area contributed by atoms with Crippen molar-refractivity contribution in [3.05, 3.63) is 29.3 Å². The van der Waals surface area contributed by atoms with E-state index < -0.39 is 6.04 Å². The van der Waals surface area contributed by atoms with Gasteiger partial charge < -0.3 is 11.1 Å². The average Bonchev–Trinajstić information content (AvgIpc) is 2.40. The molecule has 4 nitrogen and oxygen atoms in total. The topological polar surface area (TPSA) is 72.2 Å². The number of fused-ring (bicyclic) bond motifs is 1. The fourth-order valence-corrected chi connectivity index (χ4v) is 2.31. The molecular formula is C13H16N2O2. The minimum Gasteiger partial charge on any atom is -0.398 e. The van der Waals surface area contributed by atoms with Crippen molar-refractivity contribution in [1.29, 1.82) is 0 Å². The van der Waals surface area contributed by atoms with Crippen LogP contribution in [0.4, 0.5) is 5.69 Å². The summed E-state index contributed by atoms with van der Waals surface area (Å²) in [5.41, 5.74) is 7.94. The number of Topliss-reactive ketones (excluding diaryl/α,β-unsaturated/α-hetero) is 1. The van der Waals surface area contributed by atoms with E-state index in [9.17, 15) is 9.59 Å². The van der Waals surface area contributed by atoms with Gasteiger partial charge in [0.25, 0.3) is 0 Å². The summed E-state index contributed by atoms with van der Waals surface area (Å²) in [4.78, 5) is 23.4. The van der Waals surface area contributed by atoms with Crippen molar-refractivity contribution >= 4 is 17.4 Å². The molecule has 1 atom stereocenters. The molecule has 0 heterocycles. The fourth-order valence-electron chi connectivity index (χ4n) is 2.31. The van der Waals surface area contributed by atoms with Gasteiger partial charge in [-0.1, -0.05) is 12.1 Å². The molecule has 0 radical (unpaired) electrons. The Labute approximate surface area is 100 Å². The Hall–Kier alpha value is -1.84. The number of rotatable bonds is 1. The molecule has 1 unspecified atom stereocenters. The van der Waals surface area contributed by atoms with Gasteiger partial charge in [0, 0.05) is 18.2 Å².